The van der Waals surface area contributed by atoms with E-state index < -0.39 is 6.04 Å². The van der Waals surface area contributed by atoms with E-state index in [1.54, 1.807) is 24.1 Å². The molecule has 2 heterocycles. The summed E-state index contributed by atoms with van der Waals surface area (Å²) in [6, 6.07) is 6.38. The van der Waals surface area contributed by atoms with Gasteiger partial charge in [-0.05, 0) is 18.1 Å². The van der Waals surface area contributed by atoms with Crippen molar-refractivity contribution < 1.29 is 14.3 Å². The van der Waals surface area contributed by atoms with Crippen molar-refractivity contribution in [3.8, 4) is 0 Å². The summed E-state index contributed by atoms with van der Waals surface area (Å²) in [4.78, 5) is 25.9. The Balaban J connectivity index is 1.58. The molecule has 0 bridgehead atoms. The fourth-order valence-electron chi connectivity index (χ4n) is 2.80. The molecule has 1 aliphatic rings. The summed E-state index contributed by atoms with van der Waals surface area (Å²) in [5, 5.41) is 11.4. The van der Waals surface area contributed by atoms with E-state index in [0.717, 1.165) is 5.56 Å². The lowest BCUT2D eigenvalue weighted by molar-refractivity contribution is -0.127. The SMILES string of the molecule is COCCn1cc(C[C@@H]2NC(=O)N(CCc3ccccc3Cl)C2=O)nn1. The van der Waals surface area contributed by atoms with Crippen LogP contribution in [0.15, 0.2) is 30.5 Å². The number of amides is 3. The van der Waals surface area contributed by atoms with Gasteiger partial charge >= 0.3 is 6.03 Å². The van der Waals surface area contributed by atoms with Crippen LogP contribution in [0.25, 0.3) is 0 Å². The van der Waals surface area contributed by atoms with Gasteiger partial charge in [0.05, 0.1) is 18.8 Å². The van der Waals surface area contributed by atoms with Crippen LogP contribution in [0.2, 0.25) is 5.02 Å². The Morgan fingerprint density at radius 1 is 1.27 bits per heavy atom. The maximum Gasteiger partial charge on any atom is 0.324 e. The summed E-state index contributed by atoms with van der Waals surface area (Å²) in [5.74, 6) is -0.256. The normalized spacial score (nSPS) is 17.0. The number of imide groups is 1. The molecule has 0 unspecified atom stereocenters. The third-order valence-electron chi connectivity index (χ3n) is 4.19. The lowest BCUT2D eigenvalue weighted by Crippen LogP contribution is -2.34. The van der Waals surface area contributed by atoms with Gasteiger partial charge in [0.15, 0.2) is 0 Å². The monoisotopic (exact) mass is 377 g/mol. The van der Waals surface area contributed by atoms with Gasteiger partial charge in [-0.3, -0.25) is 9.69 Å². The van der Waals surface area contributed by atoms with Gasteiger partial charge in [0.1, 0.15) is 6.04 Å². The first-order chi connectivity index (χ1) is 12.6. The molecule has 1 fully saturated rings. The number of hydrogen-bond donors (Lipinski definition) is 1. The number of rotatable bonds is 8. The van der Waals surface area contributed by atoms with Crippen molar-refractivity contribution in [3.05, 3.63) is 46.7 Å². The van der Waals surface area contributed by atoms with Crippen molar-refractivity contribution in [3.63, 3.8) is 0 Å². The number of ether oxygens (including phenoxy) is 1. The van der Waals surface area contributed by atoms with E-state index in [-0.39, 0.29) is 18.5 Å². The predicted molar refractivity (Wildman–Crippen MR) is 94.8 cm³/mol. The molecule has 8 nitrogen and oxygen atoms in total. The van der Waals surface area contributed by atoms with Crippen LogP contribution in [0.1, 0.15) is 11.3 Å². The summed E-state index contributed by atoms with van der Waals surface area (Å²) in [5.41, 5.74) is 1.55. The molecular formula is C17H20ClN5O3. The molecule has 3 amide bonds. The highest BCUT2D eigenvalue weighted by molar-refractivity contribution is 6.31. The number of methoxy groups -OCH3 is 1. The average Bonchev–Trinajstić information content (AvgIpc) is 3.18. The first-order valence-electron chi connectivity index (χ1n) is 8.31. The Labute approximate surface area is 156 Å². The molecule has 1 aliphatic heterocycles. The van der Waals surface area contributed by atoms with E-state index in [0.29, 0.717) is 36.7 Å². The molecule has 0 saturated carbocycles. The second-order valence-corrected chi connectivity index (χ2v) is 6.41. The smallest absolute Gasteiger partial charge is 0.324 e. The Hall–Kier alpha value is -2.45. The molecule has 26 heavy (non-hydrogen) atoms. The van der Waals surface area contributed by atoms with E-state index in [4.69, 9.17) is 16.3 Å². The zero-order valence-electron chi connectivity index (χ0n) is 14.4. The topological polar surface area (TPSA) is 89.4 Å². The highest BCUT2D eigenvalue weighted by Crippen LogP contribution is 2.17. The average molecular weight is 378 g/mol. The number of benzene rings is 1. The number of carbonyl (C=O) groups excluding carboxylic acids is 2. The molecule has 138 valence electrons. The molecule has 2 aromatic rings. The van der Waals surface area contributed by atoms with Crippen LogP contribution >= 0.6 is 11.6 Å². The van der Waals surface area contributed by atoms with Gasteiger partial charge in [-0.2, -0.15) is 0 Å². The van der Waals surface area contributed by atoms with Crippen LogP contribution < -0.4 is 5.32 Å². The maximum absolute atomic E-state index is 12.5. The summed E-state index contributed by atoms with van der Waals surface area (Å²) in [6.45, 7) is 1.39. The van der Waals surface area contributed by atoms with Crippen LogP contribution in [0, 0.1) is 0 Å². The highest BCUT2D eigenvalue weighted by atomic mass is 35.5. The molecule has 1 saturated heterocycles. The number of aromatic nitrogens is 3. The highest BCUT2D eigenvalue weighted by Gasteiger charge is 2.38. The van der Waals surface area contributed by atoms with Crippen molar-refractivity contribution in [1.82, 2.24) is 25.2 Å². The van der Waals surface area contributed by atoms with E-state index in [9.17, 15) is 9.59 Å². The van der Waals surface area contributed by atoms with Gasteiger partial charge in [-0.1, -0.05) is 35.0 Å². The van der Waals surface area contributed by atoms with E-state index in [1.165, 1.54) is 4.90 Å². The van der Waals surface area contributed by atoms with Crippen LogP contribution in [0.4, 0.5) is 4.79 Å². The lowest BCUT2D eigenvalue weighted by atomic mass is 10.1. The molecule has 0 radical (unpaired) electrons. The lowest BCUT2D eigenvalue weighted by Gasteiger charge is -2.13. The van der Waals surface area contributed by atoms with Crippen LogP contribution in [-0.2, 0) is 28.9 Å². The molecule has 1 aromatic carbocycles. The zero-order valence-corrected chi connectivity index (χ0v) is 15.1. The number of halogens is 1. The number of nitrogens with zero attached hydrogens (tertiary/aromatic N) is 4. The molecule has 9 heteroatoms. The van der Waals surface area contributed by atoms with Crippen molar-refractivity contribution in [1.29, 1.82) is 0 Å². The van der Waals surface area contributed by atoms with Gasteiger partial charge in [0.25, 0.3) is 5.91 Å². The molecule has 0 spiro atoms. The predicted octanol–water partition coefficient (Wildman–Crippen LogP) is 1.28. The Bertz CT molecular complexity index is 794. The van der Waals surface area contributed by atoms with E-state index >= 15 is 0 Å². The number of carbonyl (C=O) groups is 2. The summed E-state index contributed by atoms with van der Waals surface area (Å²) >= 11 is 6.13. The number of hydrogen-bond acceptors (Lipinski definition) is 5. The fraction of sp³-hybridized carbons (Fsp3) is 0.412. The van der Waals surface area contributed by atoms with Gasteiger partial charge < -0.3 is 10.1 Å². The van der Waals surface area contributed by atoms with Crippen LogP contribution in [0.5, 0.6) is 0 Å². The second-order valence-electron chi connectivity index (χ2n) is 6.00. The van der Waals surface area contributed by atoms with Crippen molar-refractivity contribution in [2.75, 3.05) is 20.3 Å². The Morgan fingerprint density at radius 3 is 2.85 bits per heavy atom. The van der Waals surface area contributed by atoms with Gasteiger partial charge in [0.2, 0.25) is 0 Å². The number of urea groups is 1. The van der Waals surface area contributed by atoms with Crippen molar-refractivity contribution in [2.24, 2.45) is 0 Å². The summed E-state index contributed by atoms with van der Waals surface area (Å²) < 4.78 is 6.64. The minimum Gasteiger partial charge on any atom is -0.383 e. The number of nitrogens with one attached hydrogen (secondary N) is 1. The first-order valence-corrected chi connectivity index (χ1v) is 8.69. The van der Waals surface area contributed by atoms with Crippen molar-refractivity contribution in [2.45, 2.75) is 25.4 Å². The third kappa shape index (κ3) is 4.20. The van der Waals surface area contributed by atoms with Crippen molar-refractivity contribution >= 4 is 23.5 Å². The van der Waals surface area contributed by atoms with Gasteiger partial charge in [-0.15, -0.1) is 5.10 Å². The van der Waals surface area contributed by atoms with Crippen LogP contribution in [0.3, 0.4) is 0 Å². The van der Waals surface area contributed by atoms with Crippen LogP contribution in [-0.4, -0.2) is 58.1 Å². The minimum atomic E-state index is -0.624. The fourth-order valence-corrected chi connectivity index (χ4v) is 3.03. The van der Waals surface area contributed by atoms with Gasteiger partial charge in [0, 0.05) is 31.3 Å². The van der Waals surface area contributed by atoms with E-state index in [2.05, 4.69) is 15.6 Å². The Kier molecular flexibility index (Phi) is 5.85. The minimum absolute atomic E-state index is 0.256. The summed E-state index contributed by atoms with van der Waals surface area (Å²) in [6.07, 6.45) is 2.57. The molecular weight excluding hydrogens is 358 g/mol. The second kappa shape index (κ2) is 8.29. The summed E-state index contributed by atoms with van der Waals surface area (Å²) in [7, 11) is 1.61. The largest absolute Gasteiger partial charge is 0.383 e. The van der Waals surface area contributed by atoms with E-state index in [1.807, 2.05) is 18.2 Å². The third-order valence-corrected chi connectivity index (χ3v) is 4.56. The zero-order chi connectivity index (χ0) is 18.5. The first kappa shape index (κ1) is 18.3. The molecule has 1 atom stereocenters. The quantitative estimate of drug-likeness (QED) is 0.700. The Morgan fingerprint density at radius 2 is 2.08 bits per heavy atom. The van der Waals surface area contributed by atoms with Gasteiger partial charge in [-0.25, -0.2) is 9.48 Å². The molecule has 1 aromatic heterocycles. The standard InChI is InChI=1S/C17H20ClN5O3/c1-26-9-8-22-11-13(20-21-22)10-15-16(24)23(17(25)19-15)7-6-12-4-2-3-5-14(12)18/h2-5,11,15H,6-10H2,1H3,(H,19,25)/t15-/m0/s1. The molecule has 3 rings (SSSR count). The maximum atomic E-state index is 12.5. The molecule has 0 aliphatic carbocycles. The molecule has 1 N–H and O–H groups in total.